The maximum atomic E-state index is 13.0. The van der Waals surface area contributed by atoms with Crippen LogP contribution in [-0.2, 0) is 6.18 Å². The molecule has 4 rings (SSSR count). The number of benzene rings is 3. The lowest BCUT2D eigenvalue weighted by molar-refractivity contribution is -0.137. The smallest absolute Gasteiger partial charge is 0.308 e. The fraction of sp³-hybridized carbons (Fsp3) is 0.0476. The number of para-hydroxylation sites is 1. The molecule has 3 aromatic carbocycles. The van der Waals surface area contributed by atoms with Gasteiger partial charge in [-0.15, -0.1) is 0 Å². The Labute approximate surface area is 188 Å². The van der Waals surface area contributed by atoms with Crippen LogP contribution in [0, 0.1) is 0 Å². The summed E-state index contributed by atoms with van der Waals surface area (Å²) in [6.07, 6.45) is -4.63. The van der Waals surface area contributed by atoms with Crippen LogP contribution in [0.5, 0.6) is 0 Å². The number of hydrogen-bond acceptors (Lipinski definition) is 3. The van der Waals surface area contributed by atoms with Crippen molar-refractivity contribution in [3.8, 4) is 0 Å². The van der Waals surface area contributed by atoms with Crippen LogP contribution in [0.2, 0.25) is 5.02 Å². The van der Waals surface area contributed by atoms with Crippen LogP contribution in [0.4, 0.5) is 29.3 Å². The Balaban J connectivity index is 1.42. The van der Waals surface area contributed by atoms with E-state index in [9.17, 15) is 22.8 Å². The fourth-order valence-corrected chi connectivity index (χ4v) is 4.12. The number of hydrogen-bond donors (Lipinski definition) is 4. The van der Waals surface area contributed by atoms with E-state index in [0.717, 1.165) is 21.9 Å². The molecular formula is C21H14ClF3N4O2S. The maximum absolute atomic E-state index is 13.0. The van der Waals surface area contributed by atoms with Gasteiger partial charge in [0, 0.05) is 21.2 Å². The van der Waals surface area contributed by atoms with Crippen molar-refractivity contribution in [2.24, 2.45) is 0 Å². The molecule has 0 spiro atoms. The Morgan fingerprint density at radius 3 is 2.34 bits per heavy atom. The lowest BCUT2D eigenvalue weighted by Crippen LogP contribution is -2.19. The van der Waals surface area contributed by atoms with Crippen molar-refractivity contribution in [3.63, 3.8) is 0 Å². The first-order valence-electron chi connectivity index (χ1n) is 9.13. The number of imidazole rings is 1. The maximum Gasteiger partial charge on any atom is 0.417 e. The summed E-state index contributed by atoms with van der Waals surface area (Å²) in [5.74, 6) is 0. The van der Waals surface area contributed by atoms with Crippen LogP contribution in [0.1, 0.15) is 5.56 Å². The Morgan fingerprint density at radius 1 is 0.938 bits per heavy atom. The minimum absolute atomic E-state index is 0.0417. The summed E-state index contributed by atoms with van der Waals surface area (Å²) in [5.41, 5.74) is 0.486. The molecule has 0 aliphatic heterocycles. The third-order valence-electron chi connectivity index (χ3n) is 4.38. The molecule has 0 aliphatic rings. The Bertz CT molecular complexity index is 1350. The van der Waals surface area contributed by atoms with Gasteiger partial charge in [-0.3, -0.25) is 0 Å². The van der Waals surface area contributed by atoms with E-state index >= 15 is 0 Å². The number of amides is 2. The Morgan fingerprint density at radius 2 is 1.62 bits per heavy atom. The lowest BCUT2D eigenvalue weighted by atomic mass is 10.2. The van der Waals surface area contributed by atoms with Crippen molar-refractivity contribution in [2.75, 3.05) is 10.6 Å². The third-order valence-corrected chi connectivity index (χ3v) is 5.78. The summed E-state index contributed by atoms with van der Waals surface area (Å²) < 4.78 is 38.9. The second-order valence-corrected chi connectivity index (χ2v) is 8.18. The highest BCUT2D eigenvalue weighted by Crippen LogP contribution is 2.36. The summed E-state index contributed by atoms with van der Waals surface area (Å²) in [6.45, 7) is 0. The van der Waals surface area contributed by atoms with Crippen molar-refractivity contribution < 1.29 is 18.0 Å². The van der Waals surface area contributed by atoms with Gasteiger partial charge >= 0.3 is 17.9 Å². The average Bonchev–Trinajstić information content (AvgIpc) is 3.11. The van der Waals surface area contributed by atoms with E-state index < -0.39 is 22.8 Å². The Hall–Kier alpha value is -3.37. The number of rotatable bonds is 4. The quantitative estimate of drug-likeness (QED) is 0.276. The number of urea groups is 1. The molecule has 32 heavy (non-hydrogen) atoms. The minimum atomic E-state index is -4.63. The lowest BCUT2D eigenvalue weighted by Gasteiger charge is -2.12. The molecule has 2 amide bonds. The second-order valence-electron chi connectivity index (χ2n) is 6.66. The molecule has 0 saturated carbocycles. The van der Waals surface area contributed by atoms with E-state index in [-0.39, 0.29) is 11.4 Å². The number of fused-ring (bicyclic) bond motifs is 1. The number of carbonyl (C=O) groups excluding carboxylic acids is 1. The van der Waals surface area contributed by atoms with E-state index in [4.69, 9.17) is 11.6 Å². The highest BCUT2D eigenvalue weighted by atomic mass is 35.5. The molecule has 11 heteroatoms. The SMILES string of the molecule is O=C(Nc1ccc(Sc2cccc3[nH]c(=O)[nH]c23)cc1)Nc1ccc(Cl)c(C(F)(F)F)c1. The van der Waals surface area contributed by atoms with Crippen molar-refractivity contribution in [2.45, 2.75) is 16.0 Å². The molecule has 0 radical (unpaired) electrons. The molecule has 6 nitrogen and oxygen atoms in total. The molecule has 4 aromatic rings. The average molecular weight is 479 g/mol. The van der Waals surface area contributed by atoms with E-state index in [2.05, 4.69) is 20.6 Å². The van der Waals surface area contributed by atoms with Gasteiger partial charge in [0.1, 0.15) is 0 Å². The normalized spacial score (nSPS) is 11.5. The zero-order valence-corrected chi connectivity index (χ0v) is 17.6. The first kappa shape index (κ1) is 21.8. The van der Waals surface area contributed by atoms with E-state index in [1.54, 1.807) is 30.3 Å². The van der Waals surface area contributed by atoms with E-state index in [0.29, 0.717) is 16.7 Å². The van der Waals surface area contributed by atoms with Gasteiger partial charge in [0.25, 0.3) is 0 Å². The third kappa shape index (κ3) is 4.92. The fourth-order valence-electron chi connectivity index (χ4n) is 2.96. The minimum Gasteiger partial charge on any atom is -0.308 e. The molecule has 1 heterocycles. The van der Waals surface area contributed by atoms with Crippen LogP contribution < -0.4 is 16.3 Å². The topological polar surface area (TPSA) is 89.8 Å². The molecular weight excluding hydrogens is 465 g/mol. The van der Waals surface area contributed by atoms with Gasteiger partial charge in [0.05, 0.1) is 21.6 Å². The van der Waals surface area contributed by atoms with Crippen molar-refractivity contribution >= 4 is 51.8 Å². The predicted octanol–water partition coefficient (Wildman–Crippen LogP) is 6.32. The van der Waals surface area contributed by atoms with Crippen LogP contribution in [0.3, 0.4) is 0 Å². The van der Waals surface area contributed by atoms with Gasteiger partial charge in [0.15, 0.2) is 0 Å². The summed E-state index contributed by atoms with van der Waals surface area (Å²) >= 11 is 7.01. The number of halogens is 4. The Kier molecular flexibility index (Phi) is 5.90. The molecule has 0 unspecified atom stereocenters. The largest absolute Gasteiger partial charge is 0.417 e. The van der Waals surface area contributed by atoms with Gasteiger partial charge in [-0.1, -0.05) is 29.4 Å². The monoisotopic (exact) mass is 478 g/mol. The number of nitrogens with one attached hydrogen (secondary N) is 4. The zero-order valence-electron chi connectivity index (χ0n) is 16.0. The first-order valence-corrected chi connectivity index (χ1v) is 10.3. The molecule has 0 atom stereocenters. The number of alkyl halides is 3. The molecule has 164 valence electrons. The number of aromatic nitrogens is 2. The molecule has 4 N–H and O–H groups in total. The predicted molar refractivity (Wildman–Crippen MR) is 119 cm³/mol. The van der Waals surface area contributed by atoms with E-state index in [1.807, 2.05) is 12.1 Å². The van der Waals surface area contributed by atoms with Gasteiger partial charge in [-0.2, -0.15) is 13.2 Å². The summed E-state index contributed by atoms with van der Waals surface area (Å²) in [5, 5.41) is 4.47. The van der Waals surface area contributed by atoms with Gasteiger partial charge in [-0.05, 0) is 54.6 Å². The van der Waals surface area contributed by atoms with Gasteiger partial charge in [-0.25, -0.2) is 9.59 Å². The van der Waals surface area contributed by atoms with Gasteiger partial charge in [0.2, 0.25) is 0 Å². The zero-order chi connectivity index (χ0) is 22.9. The molecule has 0 fully saturated rings. The molecule has 0 aliphatic carbocycles. The van der Waals surface area contributed by atoms with Crippen LogP contribution in [-0.4, -0.2) is 16.0 Å². The molecule has 1 aromatic heterocycles. The van der Waals surface area contributed by atoms with Crippen LogP contribution in [0.25, 0.3) is 11.0 Å². The molecule has 0 bridgehead atoms. The number of aromatic amines is 2. The van der Waals surface area contributed by atoms with Crippen LogP contribution in [0.15, 0.2) is 75.2 Å². The number of anilines is 2. The highest BCUT2D eigenvalue weighted by Gasteiger charge is 2.33. The van der Waals surface area contributed by atoms with Crippen molar-refractivity contribution in [3.05, 3.63) is 81.7 Å². The molecule has 0 saturated heterocycles. The van der Waals surface area contributed by atoms with Crippen molar-refractivity contribution in [1.29, 1.82) is 0 Å². The number of H-pyrrole nitrogens is 2. The van der Waals surface area contributed by atoms with Gasteiger partial charge < -0.3 is 20.6 Å². The van der Waals surface area contributed by atoms with Crippen LogP contribution >= 0.6 is 23.4 Å². The van der Waals surface area contributed by atoms with E-state index in [1.165, 1.54) is 17.8 Å². The standard InChI is InChI=1S/C21H14ClF3N4O2S/c22-15-9-6-12(10-14(15)21(23,24)25)27-19(30)26-11-4-7-13(8-5-11)32-17-3-1-2-16-18(17)29-20(31)28-16/h1-10H,(H2,26,27,30)(H2,28,29,31). The highest BCUT2D eigenvalue weighted by molar-refractivity contribution is 7.99. The van der Waals surface area contributed by atoms with Crippen molar-refractivity contribution in [1.82, 2.24) is 9.97 Å². The summed E-state index contributed by atoms with van der Waals surface area (Å²) in [7, 11) is 0. The first-order chi connectivity index (χ1) is 15.2. The second kappa shape index (κ2) is 8.64. The summed E-state index contributed by atoms with van der Waals surface area (Å²) in [4.78, 5) is 30.9. The number of carbonyl (C=O) groups is 1. The summed E-state index contributed by atoms with van der Waals surface area (Å²) in [6, 6.07) is 14.8.